The van der Waals surface area contributed by atoms with Crippen LogP contribution >= 0.6 is 22.7 Å². The monoisotopic (exact) mass is 704 g/mol. The molecular weight excluding hydrogens is 675 g/mol. The van der Waals surface area contributed by atoms with E-state index >= 15 is 26.3 Å². The molecule has 0 saturated carbocycles. The number of allylic oxidation sites excluding steroid dienone is 2. The first-order valence-electron chi connectivity index (χ1n) is 15.2. The Kier molecular flexibility index (Phi) is 8.66. The molecule has 5 aromatic rings. The lowest BCUT2D eigenvalue weighted by Gasteiger charge is -2.26. The van der Waals surface area contributed by atoms with Crippen molar-refractivity contribution in [1.82, 2.24) is 0 Å². The molecule has 0 spiro atoms. The second-order valence-electron chi connectivity index (χ2n) is 12.2. The fourth-order valence-corrected chi connectivity index (χ4v) is 8.29. The standard InChI is InChI=1S/C39H30F6N2S2/c1-22-31(18-14-25-7-10-28(21-46)11-8-25)48-23(2)33(22)35-36(38(42,43)39(44,45)37(35,40)41)34-24(3)49-32-19-15-27(20-30(32)34)9-6-26-12-16-29(17-13-26)47(4)5/h6-20H,1-5H3. The van der Waals surface area contributed by atoms with Crippen molar-refractivity contribution in [3.8, 4) is 6.07 Å². The van der Waals surface area contributed by atoms with Gasteiger partial charge in [0.15, 0.2) is 0 Å². The van der Waals surface area contributed by atoms with Crippen molar-refractivity contribution in [2.45, 2.75) is 38.5 Å². The van der Waals surface area contributed by atoms with Crippen LogP contribution < -0.4 is 4.90 Å². The van der Waals surface area contributed by atoms with Crippen molar-refractivity contribution >= 4 is 73.9 Å². The zero-order valence-electron chi connectivity index (χ0n) is 27.1. The average molecular weight is 705 g/mol. The predicted octanol–water partition coefficient (Wildman–Crippen LogP) is 12.0. The lowest BCUT2D eigenvalue weighted by Crippen LogP contribution is -2.49. The first-order valence-corrected chi connectivity index (χ1v) is 16.9. The summed E-state index contributed by atoms with van der Waals surface area (Å²) in [5, 5.41) is 9.26. The van der Waals surface area contributed by atoms with Gasteiger partial charge in [-0.2, -0.15) is 31.6 Å². The number of rotatable bonds is 7. The van der Waals surface area contributed by atoms with E-state index in [1.165, 1.54) is 20.8 Å². The van der Waals surface area contributed by atoms with Crippen molar-refractivity contribution in [3.05, 3.63) is 120 Å². The van der Waals surface area contributed by atoms with Gasteiger partial charge in [-0.05, 0) is 85.5 Å². The summed E-state index contributed by atoms with van der Waals surface area (Å²) in [5.74, 6) is -16.0. The van der Waals surface area contributed by atoms with Crippen LogP contribution in [-0.2, 0) is 0 Å². The Labute approximate surface area is 288 Å². The second kappa shape index (κ2) is 12.4. The normalized spacial score (nSPS) is 16.7. The van der Waals surface area contributed by atoms with Crippen LogP contribution in [0.5, 0.6) is 0 Å². The summed E-state index contributed by atoms with van der Waals surface area (Å²) < 4.78 is 95.3. The molecule has 2 nitrogen and oxygen atoms in total. The molecule has 0 atom stereocenters. The molecule has 1 aliphatic carbocycles. The third-order valence-corrected chi connectivity index (χ3v) is 11.0. The first kappa shape index (κ1) is 34.3. The highest BCUT2D eigenvalue weighted by Crippen LogP contribution is 2.66. The number of thiophene rings is 2. The predicted molar refractivity (Wildman–Crippen MR) is 192 cm³/mol. The molecule has 0 saturated heterocycles. The molecule has 0 unspecified atom stereocenters. The van der Waals surface area contributed by atoms with Crippen LogP contribution in [0.15, 0.2) is 66.7 Å². The van der Waals surface area contributed by atoms with E-state index in [0.29, 0.717) is 26.3 Å². The Hall–Kier alpha value is -4.59. The van der Waals surface area contributed by atoms with Gasteiger partial charge in [-0.3, -0.25) is 0 Å². The summed E-state index contributed by atoms with van der Waals surface area (Å²) in [6.07, 6.45) is 6.93. The van der Waals surface area contributed by atoms with E-state index in [1.807, 2.05) is 55.4 Å². The highest BCUT2D eigenvalue weighted by atomic mass is 32.1. The van der Waals surface area contributed by atoms with Crippen LogP contribution in [0.25, 0.3) is 45.5 Å². The van der Waals surface area contributed by atoms with Gasteiger partial charge in [0, 0.05) is 66.8 Å². The maximum atomic E-state index is 16.0. The minimum atomic E-state index is -5.67. The minimum absolute atomic E-state index is 0.203. The molecule has 6 rings (SSSR count). The molecule has 0 bridgehead atoms. The second-order valence-corrected chi connectivity index (χ2v) is 14.7. The number of benzene rings is 3. The lowest BCUT2D eigenvalue weighted by atomic mass is 9.90. The molecule has 49 heavy (non-hydrogen) atoms. The highest BCUT2D eigenvalue weighted by Gasteiger charge is 2.80. The maximum absolute atomic E-state index is 16.0. The smallest absolute Gasteiger partial charge is 0.378 e. The zero-order valence-corrected chi connectivity index (χ0v) is 28.8. The molecule has 0 amide bonds. The van der Waals surface area contributed by atoms with E-state index in [0.717, 1.165) is 33.9 Å². The van der Waals surface area contributed by atoms with E-state index in [-0.39, 0.29) is 31.8 Å². The largest absolute Gasteiger partial charge is 0.380 e. The van der Waals surface area contributed by atoms with Gasteiger partial charge in [-0.25, -0.2) is 0 Å². The van der Waals surface area contributed by atoms with Crippen molar-refractivity contribution in [2.24, 2.45) is 0 Å². The number of aryl methyl sites for hydroxylation is 2. The van der Waals surface area contributed by atoms with Gasteiger partial charge in [0.1, 0.15) is 0 Å². The number of anilines is 1. The molecule has 250 valence electrons. The van der Waals surface area contributed by atoms with Crippen molar-refractivity contribution in [3.63, 3.8) is 0 Å². The van der Waals surface area contributed by atoms with Crippen molar-refractivity contribution in [1.29, 1.82) is 5.26 Å². The van der Waals surface area contributed by atoms with E-state index in [1.54, 1.807) is 60.7 Å². The number of fused-ring (bicyclic) bond motifs is 1. The molecule has 0 N–H and O–H groups in total. The molecule has 0 fully saturated rings. The summed E-state index contributed by atoms with van der Waals surface area (Å²) in [6, 6.07) is 21.5. The Balaban J connectivity index is 1.51. The Bertz CT molecular complexity index is 2210. The molecule has 2 aromatic heterocycles. The Morgan fingerprint density at radius 1 is 0.653 bits per heavy atom. The van der Waals surface area contributed by atoms with Gasteiger partial charge in [0.2, 0.25) is 0 Å². The number of hydrogen-bond donors (Lipinski definition) is 0. The van der Waals surface area contributed by atoms with Crippen LogP contribution in [0.1, 0.15) is 53.6 Å². The van der Waals surface area contributed by atoms with Crippen LogP contribution in [0.4, 0.5) is 32.0 Å². The summed E-state index contributed by atoms with van der Waals surface area (Å²) >= 11 is 2.17. The number of nitrogens with zero attached hydrogens (tertiary/aromatic N) is 2. The van der Waals surface area contributed by atoms with Crippen LogP contribution in [0.3, 0.4) is 0 Å². The van der Waals surface area contributed by atoms with Gasteiger partial charge >= 0.3 is 17.8 Å². The minimum Gasteiger partial charge on any atom is -0.378 e. The summed E-state index contributed by atoms with van der Waals surface area (Å²) in [4.78, 5) is 2.89. The SMILES string of the molecule is Cc1sc(C=Cc2ccc(C#N)cc2)c(C)c1C1=C(c2c(C)sc3ccc(C=Cc4ccc(N(C)C)cc4)cc23)C(F)(F)C(F)(F)C1(F)F. The summed E-state index contributed by atoms with van der Waals surface area (Å²) in [7, 11) is 3.86. The van der Waals surface area contributed by atoms with E-state index < -0.39 is 28.9 Å². The molecule has 3 aromatic carbocycles. The zero-order chi connectivity index (χ0) is 35.5. The molecule has 10 heteroatoms. The van der Waals surface area contributed by atoms with E-state index in [4.69, 9.17) is 5.26 Å². The van der Waals surface area contributed by atoms with Gasteiger partial charge in [0.05, 0.1) is 11.6 Å². The number of halogens is 6. The molecular formula is C39H30F6N2S2. The first-order chi connectivity index (χ1) is 23.1. The third-order valence-electron chi connectivity index (χ3n) is 8.76. The van der Waals surface area contributed by atoms with Crippen LogP contribution in [0.2, 0.25) is 0 Å². The van der Waals surface area contributed by atoms with Crippen molar-refractivity contribution in [2.75, 3.05) is 19.0 Å². The molecule has 0 aliphatic heterocycles. The fraction of sp³-hybridized carbons (Fsp3) is 0.205. The summed E-state index contributed by atoms with van der Waals surface area (Å²) in [5.41, 5.74) is 0.614. The van der Waals surface area contributed by atoms with Gasteiger partial charge in [0.25, 0.3) is 0 Å². The Morgan fingerprint density at radius 2 is 1.16 bits per heavy atom. The molecule has 2 heterocycles. The number of nitriles is 1. The third kappa shape index (κ3) is 5.69. The highest BCUT2D eigenvalue weighted by molar-refractivity contribution is 7.19. The van der Waals surface area contributed by atoms with Gasteiger partial charge in [-0.1, -0.05) is 48.6 Å². The van der Waals surface area contributed by atoms with Crippen molar-refractivity contribution < 1.29 is 26.3 Å². The average Bonchev–Trinajstić information content (AvgIpc) is 3.57. The topological polar surface area (TPSA) is 27.0 Å². The Morgan fingerprint density at radius 3 is 1.76 bits per heavy atom. The van der Waals surface area contributed by atoms with E-state index in [9.17, 15) is 0 Å². The van der Waals surface area contributed by atoms with Crippen LogP contribution in [0, 0.1) is 32.1 Å². The summed E-state index contributed by atoms with van der Waals surface area (Å²) in [6.45, 7) is 4.46. The number of alkyl halides is 6. The quantitative estimate of drug-likeness (QED) is 0.125. The van der Waals surface area contributed by atoms with Crippen LogP contribution in [-0.4, -0.2) is 31.9 Å². The van der Waals surface area contributed by atoms with Gasteiger partial charge in [-0.15, -0.1) is 22.7 Å². The fourth-order valence-electron chi connectivity index (χ4n) is 6.16. The lowest BCUT2D eigenvalue weighted by molar-refractivity contribution is -0.254. The number of hydrogen-bond acceptors (Lipinski definition) is 4. The molecule has 0 radical (unpaired) electrons. The van der Waals surface area contributed by atoms with E-state index in [2.05, 4.69) is 0 Å². The van der Waals surface area contributed by atoms with Gasteiger partial charge < -0.3 is 4.90 Å². The maximum Gasteiger partial charge on any atom is 0.380 e. The molecule has 1 aliphatic rings.